The Hall–Kier alpha value is -1.57. The molecule has 1 N–H and O–H groups in total. The monoisotopic (exact) mass is 384 g/mol. The predicted octanol–water partition coefficient (Wildman–Crippen LogP) is 2.51. The molecule has 1 aromatic carbocycles. The van der Waals surface area contributed by atoms with Crippen molar-refractivity contribution in [1.82, 2.24) is 10.2 Å². The molecule has 0 radical (unpaired) electrons. The average Bonchev–Trinajstić information content (AvgIpc) is 2.55. The lowest BCUT2D eigenvalue weighted by atomic mass is 9.79. The molecule has 1 aromatic rings. The topological polar surface area (TPSA) is 60.0 Å². The fourth-order valence-corrected chi connectivity index (χ4v) is 4.10. The molecule has 6 nitrogen and oxygen atoms in total. The second-order valence-corrected chi connectivity index (χ2v) is 6.96. The van der Waals surface area contributed by atoms with Crippen LogP contribution in [0.2, 0.25) is 5.02 Å². The van der Waals surface area contributed by atoms with E-state index in [1.54, 1.807) is 26.2 Å². The lowest BCUT2D eigenvalue weighted by molar-refractivity contribution is -0.176. The number of hydrogen-bond donors (Lipinski definition) is 1. The normalized spacial score (nSPS) is 27.2. The van der Waals surface area contributed by atoms with Crippen molar-refractivity contribution >= 4 is 34.9 Å². The molecule has 2 bridgehead atoms. The maximum Gasteiger partial charge on any atom is 0.317 e. The summed E-state index contributed by atoms with van der Waals surface area (Å²) in [5.74, 6) is -0.255. The van der Waals surface area contributed by atoms with Gasteiger partial charge in [-0.2, -0.15) is 0 Å². The molecular weight excluding hydrogens is 364 g/mol. The van der Waals surface area contributed by atoms with Gasteiger partial charge in [-0.25, -0.2) is 0 Å². The molecule has 0 amide bonds. The number of esters is 1. The molecule has 1 saturated heterocycles. The van der Waals surface area contributed by atoms with Crippen molar-refractivity contribution in [3.8, 4) is 5.75 Å². The zero-order valence-corrected chi connectivity index (χ0v) is 15.9. The summed E-state index contributed by atoms with van der Waals surface area (Å²) >= 11 is 11.7. The van der Waals surface area contributed by atoms with Gasteiger partial charge in [0.15, 0.2) is 10.8 Å². The van der Waals surface area contributed by atoms with E-state index >= 15 is 0 Å². The number of benzene rings is 1. The van der Waals surface area contributed by atoms with E-state index in [9.17, 15) is 4.79 Å². The predicted molar refractivity (Wildman–Crippen MR) is 97.7 cm³/mol. The molecule has 0 saturated carbocycles. The number of halogens is 1. The summed E-state index contributed by atoms with van der Waals surface area (Å²) in [6.45, 7) is 4.88. The van der Waals surface area contributed by atoms with Gasteiger partial charge in [-0.3, -0.25) is 4.79 Å². The van der Waals surface area contributed by atoms with E-state index < -0.39 is 11.6 Å². The lowest BCUT2D eigenvalue weighted by Gasteiger charge is -2.55. The van der Waals surface area contributed by atoms with Gasteiger partial charge in [-0.15, -0.1) is 0 Å². The highest BCUT2D eigenvalue weighted by Gasteiger charge is 2.59. The minimum absolute atomic E-state index is 0.295. The number of ether oxygens (including phenoxy) is 3. The van der Waals surface area contributed by atoms with E-state index in [0.29, 0.717) is 35.6 Å². The Bertz CT molecular complexity index is 701. The van der Waals surface area contributed by atoms with E-state index in [0.717, 1.165) is 5.56 Å². The highest BCUT2D eigenvalue weighted by Crippen LogP contribution is 2.49. The van der Waals surface area contributed by atoms with E-state index in [1.165, 1.54) is 0 Å². The van der Waals surface area contributed by atoms with Crippen LogP contribution in [0.5, 0.6) is 5.75 Å². The largest absolute Gasteiger partial charge is 0.467 e. The first-order chi connectivity index (χ1) is 11.9. The van der Waals surface area contributed by atoms with Crippen LogP contribution in [0.4, 0.5) is 0 Å². The Labute approximate surface area is 157 Å². The Balaban J connectivity index is 2.09. The van der Waals surface area contributed by atoms with Crippen LogP contribution in [0.1, 0.15) is 25.5 Å². The zero-order chi connectivity index (χ0) is 18.2. The van der Waals surface area contributed by atoms with E-state index in [4.69, 9.17) is 38.0 Å². The number of hydrogen-bond acceptors (Lipinski definition) is 5. The Morgan fingerprint density at radius 1 is 1.52 bits per heavy atom. The molecule has 2 aliphatic heterocycles. The quantitative estimate of drug-likeness (QED) is 0.618. The second kappa shape index (κ2) is 6.97. The van der Waals surface area contributed by atoms with Crippen LogP contribution in [-0.2, 0) is 14.3 Å². The van der Waals surface area contributed by atoms with Gasteiger partial charge in [0, 0.05) is 24.2 Å². The highest BCUT2D eigenvalue weighted by molar-refractivity contribution is 7.80. The summed E-state index contributed by atoms with van der Waals surface area (Å²) in [4.78, 5) is 14.6. The molecule has 0 spiro atoms. The van der Waals surface area contributed by atoms with Crippen LogP contribution in [-0.4, -0.2) is 48.6 Å². The van der Waals surface area contributed by atoms with Gasteiger partial charge in [0.25, 0.3) is 0 Å². The maximum atomic E-state index is 12.8. The molecule has 0 aromatic heterocycles. The van der Waals surface area contributed by atoms with Gasteiger partial charge in [0.05, 0.1) is 19.3 Å². The Kier molecular flexibility index (Phi) is 5.09. The van der Waals surface area contributed by atoms with E-state index in [1.807, 2.05) is 17.9 Å². The summed E-state index contributed by atoms with van der Waals surface area (Å²) in [6, 6.07) is 5.02. The van der Waals surface area contributed by atoms with E-state index in [2.05, 4.69) is 5.32 Å². The number of rotatable bonds is 5. The molecule has 25 heavy (non-hydrogen) atoms. The standard InChI is InChI=1S/C17H21ClN2O4S/c1-4-23-15(21)13-14-11-9-10(18)5-6-12(11)24-17(13,2)20(7-8-22-3)16(25)19-14/h5-6,9,13-14H,4,7-8H2,1-3H3,(H,19,25)/t13-,14+,17-/m0/s1. The Morgan fingerprint density at radius 3 is 2.96 bits per heavy atom. The number of nitrogens with zero attached hydrogens (tertiary/aromatic N) is 1. The third-order valence-corrected chi connectivity index (χ3v) is 5.23. The second-order valence-electron chi connectivity index (χ2n) is 6.14. The lowest BCUT2D eigenvalue weighted by Crippen LogP contribution is -2.71. The molecule has 136 valence electrons. The molecule has 2 heterocycles. The number of methoxy groups -OCH3 is 1. The Morgan fingerprint density at radius 2 is 2.28 bits per heavy atom. The third kappa shape index (κ3) is 3.05. The van der Waals surface area contributed by atoms with Crippen molar-refractivity contribution in [2.45, 2.75) is 25.6 Å². The van der Waals surface area contributed by atoms with Crippen LogP contribution < -0.4 is 10.1 Å². The van der Waals surface area contributed by atoms with Crippen molar-refractivity contribution in [1.29, 1.82) is 0 Å². The number of thiocarbonyl (C=S) groups is 1. The van der Waals surface area contributed by atoms with Crippen LogP contribution in [0.25, 0.3) is 0 Å². The number of carbonyl (C=O) groups is 1. The molecular formula is C17H21ClN2O4S. The molecule has 8 heteroatoms. The molecule has 0 unspecified atom stereocenters. The van der Waals surface area contributed by atoms with Gasteiger partial charge in [-0.1, -0.05) is 11.6 Å². The zero-order valence-electron chi connectivity index (χ0n) is 14.4. The fourth-order valence-electron chi connectivity index (χ4n) is 3.52. The summed E-state index contributed by atoms with van der Waals surface area (Å²) in [7, 11) is 1.62. The van der Waals surface area contributed by atoms with Crippen LogP contribution in [0.3, 0.4) is 0 Å². The van der Waals surface area contributed by atoms with Crippen LogP contribution >= 0.6 is 23.8 Å². The summed E-state index contributed by atoms with van der Waals surface area (Å²) < 4.78 is 16.8. The fraction of sp³-hybridized carbons (Fsp3) is 0.529. The minimum atomic E-state index is -0.974. The average molecular weight is 385 g/mol. The summed E-state index contributed by atoms with van der Waals surface area (Å²) in [6.07, 6.45) is 0. The maximum absolute atomic E-state index is 12.8. The number of carbonyl (C=O) groups excluding carboxylic acids is 1. The van der Waals surface area contributed by atoms with Crippen LogP contribution in [0.15, 0.2) is 18.2 Å². The van der Waals surface area contributed by atoms with Gasteiger partial charge in [0.2, 0.25) is 0 Å². The van der Waals surface area contributed by atoms with E-state index in [-0.39, 0.29) is 12.0 Å². The van der Waals surface area contributed by atoms with Gasteiger partial charge in [0.1, 0.15) is 11.7 Å². The first-order valence-electron chi connectivity index (χ1n) is 8.14. The van der Waals surface area contributed by atoms with Crippen molar-refractivity contribution in [2.24, 2.45) is 5.92 Å². The smallest absolute Gasteiger partial charge is 0.317 e. The SMILES string of the molecule is CCOC(=O)[C@@H]1[C@@H]2NC(=S)N(CCOC)[C@@]1(C)Oc1ccc(Cl)cc12. The van der Waals surface area contributed by atoms with Crippen LogP contribution in [0, 0.1) is 5.92 Å². The molecule has 0 aliphatic carbocycles. The number of fused-ring (bicyclic) bond motifs is 4. The van der Waals surface area contributed by atoms with Gasteiger partial charge < -0.3 is 24.4 Å². The van der Waals surface area contributed by atoms with Gasteiger partial charge in [-0.05, 0) is 44.3 Å². The highest BCUT2D eigenvalue weighted by atomic mass is 35.5. The third-order valence-electron chi connectivity index (χ3n) is 4.65. The van der Waals surface area contributed by atoms with Crippen molar-refractivity contribution in [3.63, 3.8) is 0 Å². The van der Waals surface area contributed by atoms with Crippen molar-refractivity contribution < 1.29 is 19.0 Å². The molecule has 3 atom stereocenters. The van der Waals surface area contributed by atoms with Gasteiger partial charge >= 0.3 is 5.97 Å². The molecule has 2 aliphatic rings. The molecule has 3 rings (SSSR count). The minimum Gasteiger partial charge on any atom is -0.467 e. The summed E-state index contributed by atoms with van der Waals surface area (Å²) in [5, 5.41) is 4.35. The number of nitrogens with one attached hydrogen (secondary N) is 1. The van der Waals surface area contributed by atoms with Crippen molar-refractivity contribution in [3.05, 3.63) is 28.8 Å². The molecule has 1 fully saturated rings. The van der Waals surface area contributed by atoms with Crippen molar-refractivity contribution in [2.75, 3.05) is 26.9 Å². The first-order valence-corrected chi connectivity index (χ1v) is 8.93. The summed E-state index contributed by atoms with van der Waals surface area (Å²) in [5.41, 5.74) is -0.171. The first kappa shape index (κ1) is 18.2.